The van der Waals surface area contributed by atoms with Crippen molar-refractivity contribution in [2.75, 3.05) is 17.6 Å². The van der Waals surface area contributed by atoms with Gasteiger partial charge in [-0.1, -0.05) is 25.1 Å². The van der Waals surface area contributed by atoms with E-state index in [4.69, 9.17) is 5.73 Å². The third-order valence-electron chi connectivity index (χ3n) is 3.06. The van der Waals surface area contributed by atoms with Gasteiger partial charge in [-0.2, -0.15) is 0 Å². The Bertz CT molecular complexity index is 731. The number of H-pyrrole nitrogens is 1. The number of aromatic amines is 1. The van der Waals surface area contributed by atoms with Crippen molar-refractivity contribution in [2.45, 2.75) is 20.3 Å². The molecule has 0 fully saturated rings. The first kappa shape index (κ1) is 13.9. The molecule has 1 heterocycles. The second-order valence-corrected chi connectivity index (χ2v) is 4.57. The van der Waals surface area contributed by atoms with Crippen LogP contribution in [0, 0.1) is 6.92 Å². The average molecular weight is 274 g/mol. The zero-order valence-corrected chi connectivity index (χ0v) is 11.6. The number of benzene rings is 1. The van der Waals surface area contributed by atoms with Crippen molar-refractivity contribution >= 4 is 11.5 Å². The van der Waals surface area contributed by atoms with E-state index in [9.17, 15) is 9.59 Å². The van der Waals surface area contributed by atoms with Crippen LogP contribution in [0.15, 0.2) is 33.9 Å². The standard InChI is InChI=1S/C14H18N4O2/c1-3-8-16-11-12(15)18(14(20)17-13(11)19)10-7-5-4-6-9(10)2/h4-7,16H,3,8,15H2,1-2H3,(H,17,19,20). The molecule has 1 aromatic heterocycles. The monoisotopic (exact) mass is 274 g/mol. The minimum atomic E-state index is -0.538. The normalized spacial score (nSPS) is 10.5. The number of nitrogens with zero attached hydrogens (tertiary/aromatic N) is 1. The van der Waals surface area contributed by atoms with E-state index < -0.39 is 11.2 Å². The van der Waals surface area contributed by atoms with Gasteiger partial charge in [0.25, 0.3) is 5.56 Å². The van der Waals surface area contributed by atoms with Gasteiger partial charge >= 0.3 is 5.69 Å². The molecule has 0 saturated carbocycles. The summed E-state index contributed by atoms with van der Waals surface area (Å²) in [6.45, 7) is 4.47. The fraction of sp³-hybridized carbons (Fsp3) is 0.286. The number of para-hydroxylation sites is 1. The zero-order valence-electron chi connectivity index (χ0n) is 11.6. The second kappa shape index (κ2) is 5.64. The van der Waals surface area contributed by atoms with Crippen molar-refractivity contribution < 1.29 is 0 Å². The SMILES string of the molecule is CCCNc1c(N)n(-c2ccccc2C)c(=O)[nH]c1=O. The van der Waals surface area contributed by atoms with E-state index in [1.807, 2.05) is 32.0 Å². The molecule has 0 saturated heterocycles. The van der Waals surface area contributed by atoms with Gasteiger partial charge < -0.3 is 11.1 Å². The van der Waals surface area contributed by atoms with Gasteiger partial charge in [-0.3, -0.25) is 9.78 Å². The first-order valence-corrected chi connectivity index (χ1v) is 6.51. The van der Waals surface area contributed by atoms with E-state index in [0.29, 0.717) is 12.2 Å². The maximum atomic E-state index is 12.0. The lowest BCUT2D eigenvalue weighted by Gasteiger charge is -2.15. The minimum Gasteiger partial charge on any atom is -0.383 e. The highest BCUT2D eigenvalue weighted by Gasteiger charge is 2.14. The molecule has 0 aliphatic rings. The lowest BCUT2D eigenvalue weighted by molar-refractivity contribution is 0.892. The van der Waals surface area contributed by atoms with Gasteiger partial charge in [-0.25, -0.2) is 9.36 Å². The average Bonchev–Trinajstić information content (AvgIpc) is 2.40. The van der Waals surface area contributed by atoms with Crippen LogP contribution in [0.25, 0.3) is 5.69 Å². The molecule has 106 valence electrons. The third-order valence-corrected chi connectivity index (χ3v) is 3.06. The lowest BCUT2D eigenvalue weighted by atomic mass is 10.2. The van der Waals surface area contributed by atoms with Crippen molar-refractivity contribution in [1.82, 2.24) is 9.55 Å². The Morgan fingerprint density at radius 1 is 1.30 bits per heavy atom. The van der Waals surface area contributed by atoms with Gasteiger partial charge in [0.05, 0.1) is 5.69 Å². The molecule has 2 aromatic rings. The summed E-state index contributed by atoms with van der Waals surface area (Å²) in [6.07, 6.45) is 0.850. The summed E-state index contributed by atoms with van der Waals surface area (Å²) in [5, 5.41) is 2.96. The fourth-order valence-corrected chi connectivity index (χ4v) is 2.03. The number of rotatable bonds is 4. The summed E-state index contributed by atoms with van der Waals surface area (Å²) >= 11 is 0. The zero-order chi connectivity index (χ0) is 14.7. The van der Waals surface area contributed by atoms with Crippen LogP contribution in [0.3, 0.4) is 0 Å². The topological polar surface area (TPSA) is 92.9 Å². The molecule has 0 amide bonds. The minimum absolute atomic E-state index is 0.126. The molecular formula is C14H18N4O2. The van der Waals surface area contributed by atoms with Crippen LogP contribution in [-0.4, -0.2) is 16.1 Å². The molecule has 2 rings (SSSR count). The van der Waals surface area contributed by atoms with Crippen molar-refractivity contribution in [3.63, 3.8) is 0 Å². The summed E-state index contributed by atoms with van der Waals surface area (Å²) in [7, 11) is 0. The van der Waals surface area contributed by atoms with E-state index in [1.165, 1.54) is 4.57 Å². The molecule has 0 spiro atoms. The molecule has 0 unspecified atom stereocenters. The molecular weight excluding hydrogens is 256 g/mol. The number of hydrogen-bond acceptors (Lipinski definition) is 4. The van der Waals surface area contributed by atoms with Crippen molar-refractivity contribution in [3.8, 4) is 5.69 Å². The van der Waals surface area contributed by atoms with Gasteiger partial charge in [0.1, 0.15) is 11.5 Å². The maximum Gasteiger partial charge on any atom is 0.334 e. The van der Waals surface area contributed by atoms with Crippen LogP contribution < -0.4 is 22.3 Å². The molecule has 0 aliphatic carbocycles. The largest absolute Gasteiger partial charge is 0.383 e. The predicted octanol–water partition coefficient (Wildman–Crippen LogP) is 1.24. The van der Waals surface area contributed by atoms with Crippen LogP contribution in [0.5, 0.6) is 0 Å². The van der Waals surface area contributed by atoms with Crippen LogP contribution >= 0.6 is 0 Å². The Balaban J connectivity index is 2.68. The highest BCUT2D eigenvalue weighted by molar-refractivity contribution is 5.63. The Morgan fingerprint density at radius 3 is 2.65 bits per heavy atom. The van der Waals surface area contributed by atoms with E-state index >= 15 is 0 Å². The maximum absolute atomic E-state index is 12.0. The highest BCUT2D eigenvalue weighted by atomic mass is 16.2. The number of aromatic nitrogens is 2. The van der Waals surface area contributed by atoms with E-state index in [-0.39, 0.29) is 11.5 Å². The highest BCUT2D eigenvalue weighted by Crippen LogP contribution is 2.18. The van der Waals surface area contributed by atoms with Crippen LogP contribution in [-0.2, 0) is 0 Å². The Hall–Kier alpha value is -2.50. The molecule has 0 bridgehead atoms. The Labute approximate surface area is 116 Å². The molecule has 4 N–H and O–H groups in total. The molecule has 6 nitrogen and oxygen atoms in total. The van der Waals surface area contributed by atoms with Gasteiger partial charge in [-0.05, 0) is 25.0 Å². The van der Waals surface area contributed by atoms with Crippen LogP contribution in [0.1, 0.15) is 18.9 Å². The smallest absolute Gasteiger partial charge is 0.334 e. The van der Waals surface area contributed by atoms with Gasteiger partial charge in [0, 0.05) is 6.54 Å². The van der Waals surface area contributed by atoms with Gasteiger partial charge in [0.2, 0.25) is 0 Å². The van der Waals surface area contributed by atoms with Crippen molar-refractivity contribution in [1.29, 1.82) is 0 Å². The van der Waals surface area contributed by atoms with Crippen LogP contribution in [0.2, 0.25) is 0 Å². The Kier molecular flexibility index (Phi) is 3.93. The molecule has 0 radical (unpaired) electrons. The molecule has 6 heteroatoms. The first-order chi connectivity index (χ1) is 9.56. The summed E-state index contributed by atoms with van der Waals surface area (Å²) in [5.74, 6) is 0.126. The van der Waals surface area contributed by atoms with Gasteiger partial charge in [0.15, 0.2) is 0 Å². The van der Waals surface area contributed by atoms with Crippen molar-refractivity contribution in [3.05, 3.63) is 50.7 Å². The summed E-state index contributed by atoms with van der Waals surface area (Å²) in [4.78, 5) is 26.2. The summed E-state index contributed by atoms with van der Waals surface area (Å²) < 4.78 is 1.31. The third kappa shape index (κ3) is 2.45. The van der Waals surface area contributed by atoms with E-state index in [1.54, 1.807) is 6.07 Å². The molecule has 0 aliphatic heterocycles. The van der Waals surface area contributed by atoms with E-state index in [0.717, 1.165) is 12.0 Å². The van der Waals surface area contributed by atoms with Crippen molar-refractivity contribution in [2.24, 2.45) is 0 Å². The number of anilines is 2. The van der Waals surface area contributed by atoms with Gasteiger partial charge in [-0.15, -0.1) is 0 Å². The number of nitrogens with one attached hydrogen (secondary N) is 2. The summed E-state index contributed by atoms with van der Waals surface area (Å²) in [6, 6.07) is 7.36. The lowest BCUT2D eigenvalue weighted by Crippen LogP contribution is -2.33. The number of aryl methyl sites for hydroxylation is 1. The predicted molar refractivity (Wildman–Crippen MR) is 80.6 cm³/mol. The molecule has 20 heavy (non-hydrogen) atoms. The molecule has 0 atom stereocenters. The molecule has 1 aromatic carbocycles. The number of nitrogens with two attached hydrogens (primary N) is 1. The Morgan fingerprint density at radius 2 is 2.00 bits per heavy atom. The number of nitrogen functional groups attached to an aromatic ring is 1. The second-order valence-electron chi connectivity index (χ2n) is 4.57. The fourth-order valence-electron chi connectivity index (χ4n) is 2.03. The number of hydrogen-bond donors (Lipinski definition) is 3. The quantitative estimate of drug-likeness (QED) is 0.782. The summed E-state index contributed by atoms with van der Waals surface area (Å²) in [5.41, 5.74) is 6.76. The van der Waals surface area contributed by atoms with E-state index in [2.05, 4.69) is 10.3 Å². The van der Waals surface area contributed by atoms with Crippen LogP contribution in [0.4, 0.5) is 11.5 Å². The first-order valence-electron chi connectivity index (χ1n) is 6.51.